The van der Waals surface area contributed by atoms with Crippen LogP contribution >= 0.6 is 11.3 Å². The first-order chi connectivity index (χ1) is 9.08. The maximum Gasteiger partial charge on any atom is 0.326 e. The lowest BCUT2D eigenvalue weighted by Gasteiger charge is -2.19. The number of carbonyl (C=O) groups excluding carboxylic acids is 1. The van der Waals surface area contributed by atoms with Crippen LogP contribution in [0.1, 0.15) is 44.0 Å². The van der Waals surface area contributed by atoms with E-state index in [0.717, 1.165) is 11.3 Å². The molecular weight excluding hydrogens is 264 g/mol. The summed E-state index contributed by atoms with van der Waals surface area (Å²) in [5, 5.41) is 16.3. The van der Waals surface area contributed by atoms with Crippen LogP contribution in [-0.4, -0.2) is 23.1 Å². The van der Waals surface area contributed by atoms with Crippen molar-refractivity contribution in [3.8, 4) is 0 Å². The van der Waals surface area contributed by atoms with Gasteiger partial charge in [0.1, 0.15) is 6.04 Å². The molecule has 2 unspecified atom stereocenters. The molecule has 1 aromatic heterocycles. The van der Waals surface area contributed by atoms with Crippen molar-refractivity contribution < 1.29 is 14.7 Å². The fourth-order valence-corrected chi connectivity index (χ4v) is 2.63. The minimum atomic E-state index is -0.999. The molecule has 2 amide bonds. The van der Waals surface area contributed by atoms with Crippen LogP contribution in [0.3, 0.4) is 0 Å². The summed E-state index contributed by atoms with van der Waals surface area (Å²) in [6, 6.07) is 2.56. The largest absolute Gasteiger partial charge is 0.480 e. The molecule has 0 aromatic carbocycles. The first kappa shape index (κ1) is 15.5. The van der Waals surface area contributed by atoms with E-state index >= 15 is 0 Å². The van der Waals surface area contributed by atoms with Gasteiger partial charge in [0.05, 0.1) is 6.04 Å². The van der Waals surface area contributed by atoms with Crippen molar-refractivity contribution in [2.24, 2.45) is 0 Å². The van der Waals surface area contributed by atoms with Crippen LogP contribution < -0.4 is 10.6 Å². The van der Waals surface area contributed by atoms with Gasteiger partial charge < -0.3 is 15.7 Å². The Morgan fingerprint density at radius 2 is 2.11 bits per heavy atom. The Morgan fingerprint density at radius 3 is 2.58 bits per heavy atom. The molecule has 19 heavy (non-hydrogen) atoms. The van der Waals surface area contributed by atoms with Crippen LogP contribution in [0.15, 0.2) is 17.5 Å². The zero-order valence-corrected chi connectivity index (χ0v) is 12.0. The number of carbonyl (C=O) groups is 2. The zero-order chi connectivity index (χ0) is 14.3. The smallest absolute Gasteiger partial charge is 0.326 e. The second kappa shape index (κ2) is 7.78. The predicted molar refractivity (Wildman–Crippen MR) is 75.4 cm³/mol. The molecule has 0 saturated heterocycles. The summed E-state index contributed by atoms with van der Waals surface area (Å²) in [4.78, 5) is 23.9. The molecule has 1 aromatic rings. The Kier molecular flexibility index (Phi) is 6.35. The van der Waals surface area contributed by atoms with Gasteiger partial charge in [0.2, 0.25) is 0 Å². The Morgan fingerprint density at radius 1 is 1.37 bits per heavy atom. The summed E-state index contributed by atoms with van der Waals surface area (Å²) in [5.74, 6) is -0.999. The standard InChI is InChI=1S/C13H20N2O3S/c1-3-6-10(12(16)17)15-13(18)14-9(4-2)11-7-5-8-19-11/h5,7-10H,3-4,6H2,1-2H3,(H,16,17)(H2,14,15,18). The molecule has 3 N–H and O–H groups in total. The fourth-order valence-electron chi connectivity index (χ4n) is 1.77. The van der Waals surface area contributed by atoms with Gasteiger partial charge in [-0.05, 0) is 24.3 Å². The molecule has 0 radical (unpaired) electrons. The molecular formula is C13H20N2O3S. The number of carboxylic acid groups (broad SMARTS) is 1. The number of rotatable bonds is 7. The van der Waals surface area contributed by atoms with Crippen LogP contribution in [0.5, 0.6) is 0 Å². The number of hydrogen-bond donors (Lipinski definition) is 3. The third kappa shape index (κ3) is 4.90. The highest BCUT2D eigenvalue weighted by Gasteiger charge is 2.20. The van der Waals surface area contributed by atoms with Gasteiger partial charge in [-0.1, -0.05) is 26.3 Å². The van der Waals surface area contributed by atoms with Crippen LogP contribution in [0.25, 0.3) is 0 Å². The number of amides is 2. The molecule has 0 spiro atoms. The van der Waals surface area contributed by atoms with Gasteiger partial charge >= 0.3 is 12.0 Å². The Bertz CT molecular complexity index is 406. The molecule has 5 nitrogen and oxygen atoms in total. The van der Waals surface area contributed by atoms with E-state index in [1.165, 1.54) is 0 Å². The van der Waals surface area contributed by atoms with Gasteiger partial charge in [0.25, 0.3) is 0 Å². The normalized spacial score (nSPS) is 13.6. The zero-order valence-electron chi connectivity index (χ0n) is 11.2. The van der Waals surface area contributed by atoms with E-state index in [9.17, 15) is 9.59 Å². The van der Waals surface area contributed by atoms with E-state index in [1.807, 2.05) is 31.4 Å². The highest BCUT2D eigenvalue weighted by Crippen LogP contribution is 2.21. The quantitative estimate of drug-likeness (QED) is 0.720. The van der Waals surface area contributed by atoms with Gasteiger partial charge in [-0.2, -0.15) is 0 Å². The molecule has 0 aliphatic rings. The number of thiophene rings is 1. The molecule has 106 valence electrons. The van der Waals surface area contributed by atoms with Gasteiger partial charge in [0.15, 0.2) is 0 Å². The minimum Gasteiger partial charge on any atom is -0.480 e. The van der Waals surface area contributed by atoms with E-state index in [2.05, 4.69) is 10.6 Å². The van der Waals surface area contributed by atoms with Gasteiger partial charge in [0, 0.05) is 4.88 Å². The molecule has 0 bridgehead atoms. The Hall–Kier alpha value is -1.56. The first-order valence-corrected chi connectivity index (χ1v) is 7.29. The number of aliphatic carboxylic acids is 1. The highest BCUT2D eigenvalue weighted by atomic mass is 32.1. The Balaban J connectivity index is 2.55. The first-order valence-electron chi connectivity index (χ1n) is 6.41. The van der Waals surface area contributed by atoms with Crippen molar-refractivity contribution in [1.82, 2.24) is 10.6 Å². The maximum atomic E-state index is 11.8. The molecule has 1 rings (SSSR count). The minimum absolute atomic E-state index is 0.0731. The molecule has 0 saturated carbocycles. The summed E-state index contributed by atoms with van der Waals surface area (Å²) in [6.45, 7) is 3.86. The average molecular weight is 284 g/mol. The molecule has 0 fully saturated rings. The van der Waals surface area contributed by atoms with Gasteiger partial charge in [-0.15, -0.1) is 11.3 Å². The monoisotopic (exact) mass is 284 g/mol. The summed E-state index contributed by atoms with van der Waals surface area (Å²) < 4.78 is 0. The predicted octanol–water partition coefficient (Wildman–Crippen LogP) is 2.75. The second-order valence-electron chi connectivity index (χ2n) is 4.27. The number of hydrogen-bond acceptors (Lipinski definition) is 3. The van der Waals surface area contributed by atoms with E-state index in [4.69, 9.17) is 5.11 Å². The average Bonchev–Trinajstić information content (AvgIpc) is 2.89. The number of urea groups is 1. The van der Waals surface area contributed by atoms with E-state index in [0.29, 0.717) is 12.8 Å². The molecule has 0 aliphatic heterocycles. The lowest BCUT2D eigenvalue weighted by atomic mass is 10.1. The van der Waals surface area contributed by atoms with Crippen LogP contribution in [0, 0.1) is 0 Å². The summed E-state index contributed by atoms with van der Waals surface area (Å²) >= 11 is 1.57. The maximum absolute atomic E-state index is 11.8. The topological polar surface area (TPSA) is 78.4 Å². The fraction of sp³-hybridized carbons (Fsp3) is 0.538. The lowest BCUT2D eigenvalue weighted by Crippen LogP contribution is -2.46. The van der Waals surface area contributed by atoms with Crippen molar-refractivity contribution in [2.45, 2.75) is 45.2 Å². The van der Waals surface area contributed by atoms with Crippen molar-refractivity contribution in [1.29, 1.82) is 0 Å². The molecule has 1 heterocycles. The van der Waals surface area contributed by atoms with E-state index in [1.54, 1.807) is 11.3 Å². The molecule has 0 aliphatic carbocycles. The van der Waals surface area contributed by atoms with Crippen LogP contribution in [-0.2, 0) is 4.79 Å². The third-order valence-electron chi connectivity index (χ3n) is 2.78. The van der Waals surface area contributed by atoms with Crippen molar-refractivity contribution in [3.63, 3.8) is 0 Å². The van der Waals surface area contributed by atoms with Crippen molar-refractivity contribution in [2.75, 3.05) is 0 Å². The summed E-state index contributed by atoms with van der Waals surface area (Å²) in [5.41, 5.74) is 0. The third-order valence-corrected chi connectivity index (χ3v) is 3.77. The molecule has 6 heteroatoms. The second-order valence-corrected chi connectivity index (χ2v) is 5.25. The number of nitrogens with one attached hydrogen (secondary N) is 2. The SMILES string of the molecule is CCCC(NC(=O)NC(CC)c1cccs1)C(=O)O. The van der Waals surface area contributed by atoms with Crippen LogP contribution in [0.2, 0.25) is 0 Å². The number of carboxylic acids is 1. The molecule has 2 atom stereocenters. The van der Waals surface area contributed by atoms with Crippen molar-refractivity contribution in [3.05, 3.63) is 22.4 Å². The van der Waals surface area contributed by atoms with E-state index in [-0.39, 0.29) is 6.04 Å². The summed E-state index contributed by atoms with van der Waals surface area (Å²) in [6.07, 6.45) is 1.90. The van der Waals surface area contributed by atoms with Gasteiger partial charge in [-0.25, -0.2) is 9.59 Å². The highest BCUT2D eigenvalue weighted by molar-refractivity contribution is 7.10. The lowest BCUT2D eigenvalue weighted by molar-refractivity contribution is -0.139. The Labute approximate surface area is 117 Å². The summed E-state index contributed by atoms with van der Waals surface area (Å²) in [7, 11) is 0. The van der Waals surface area contributed by atoms with Crippen molar-refractivity contribution >= 4 is 23.3 Å². The van der Waals surface area contributed by atoms with E-state index < -0.39 is 18.0 Å². The van der Waals surface area contributed by atoms with Crippen LogP contribution in [0.4, 0.5) is 4.79 Å². The van der Waals surface area contributed by atoms with Gasteiger partial charge in [-0.3, -0.25) is 0 Å².